The van der Waals surface area contributed by atoms with E-state index in [9.17, 15) is 0 Å². The minimum atomic E-state index is -0.352. The molecule has 3 heterocycles. The molecule has 1 unspecified atom stereocenters. The third-order valence-electron chi connectivity index (χ3n) is 11.6. The number of hydrogen-bond acceptors (Lipinski definition) is 4. The van der Waals surface area contributed by atoms with Gasteiger partial charge in [-0.1, -0.05) is 146 Å². The Kier molecular flexibility index (Phi) is 7.23. The third-order valence-corrected chi connectivity index (χ3v) is 11.6. The second-order valence-corrected chi connectivity index (χ2v) is 15.0. The third kappa shape index (κ3) is 5.25. The molecule has 0 radical (unpaired) electrons. The van der Waals surface area contributed by atoms with E-state index in [0.717, 1.165) is 66.6 Å². The van der Waals surface area contributed by atoms with Crippen LogP contribution in [-0.2, 0) is 0 Å². The monoisotopic (exact) mass is 742 g/mol. The van der Waals surface area contributed by atoms with Gasteiger partial charge in [-0.25, -0.2) is 9.98 Å². The maximum absolute atomic E-state index is 6.73. The van der Waals surface area contributed by atoms with Gasteiger partial charge in [-0.15, -0.1) is 0 Å². The maximum atomic E-state index is 6.73. The van der Waals surface area contributed by atoms with Gasteiger partial charge in [0.05, 0.1) is 11.0 Å². The van der Waals surface area contributed by atoms with Crippen LogP contribution in [0.1, 0.15) is 22.9 Å². The van der Waals surface area contributed by atoms with Crippen molar-refractivity contribution in [3.63, 3.8) is 0 Å². The summed E-state index contributed by atoms with van der Waals surface area (Å²) in [4.78, 5) is 10.5. The van der Waals surface area contributed by atoms with Crippen molar-refractivity contribution in [2.45, 2.75) is 6.17 Å². The Labute approximate surface area is 333 Å². The molecule has 5 heteroatoms. The first-order chi connectivity index (χ1) is 28.7. The number of furan rings is 1. The van der Waals surface area contributed by atoms with Crippen LogP contribution in [0.3, 0.4) is 0 Å². The molecule has 5 nitrogen and oxygen atoms in total. The first kappa shape index (κ1) is 32.5. The van der Waals surface area contributed by atoms with Gasteiger partial charge in [0, 0.05) is 44.4 Å². The van der Waals surface area contributed by atoms with Gasteiger partial charge in [0.15, 0.2) is 5.84 Å². The molecule has 1 aliphatic heterocycles. The molecule has 272 valence electrons. The molecule has 9 aromatic carbocycles. The minimum Gasteiger partial charge on any atom is -0.456 e. The number of aromatic nitrogens is 1. The highest BCUT2D eigenvalue weighted by atomic mass is 16.3. The van der Waals surface area contributed by atoms with E-state index >= 15 is 0 Å². The van der Waals surface area contributed by atoms with Crippen molar-refractivity contribution in [1.82, 2.24) is 9.88 Å². The van der Waals surface area contributed by atoms with Crippen LogP contribution in [0.15, 0.2) is 209 Å². The number of rotatable bonds is 5. The van der Waals surface area contributed by atoms with Crippen LogP contribution < -0.4 is 5.32 Å². The van der Waals surface area contributed by atoms with Gasteiger partial charge in [0.1, 0.15) is 23.2 Å². The van der Waals surface area contributed by atoms with Crippen molar-refractivity contribution < 1.29 is 4.42 Å². The van der Waals surface area contributed by atoms with Gasteiger partial charge >= 0.3 is 0 Å². The van der Waals surface area contributed by atoms with Gasteiger partial charge in [-0.05, 0) is 80.7 Å². The second kappa shape index (κ2) is 12.9. The number of nitrogens with one attached hydrogen (secondary N) is 1. The van der Waals surface area contributed by atoms with Crippen LogP contribution in [-0.4, -0.2) is 16.2 Å². The van der Waals surface area contributed by atoms with E-state index < -0.39 is 0 Å². The van der Waals surface area contributed by atoms with Crippen LogP contribution in [0.2, 0.25) is 0 Å². The predicted octanol–water partition coefficient (Wildman–Crippen LogP) is 13.2. The molecule has 0 bridgehead atoms. The average molecular weight is 743 g/mol. The Morgan fingerprint density at radius 1 is 0.466 bits per heavy atom. The molecule has 0 amide bonds. The van der Waals surface area contributed by atoms with Crippen LogP contribution in [0.5, 0.6) is 0 Å². The summed E-state index contributed by atoms with van der Waals surface area (Å²) in [6.07, 6.45) is -0.352. The van der Waals surface area contributed by atoms with Crippen LogP contribution in [0.4, 0.5) is 0 Å². The lowest BCUT2D eigenvalue weighted by molar-refractivity contribution is 0.667. The van der Waals surface area contributed by atoms with Gasteiger partial charge in [0.25, 0.3) is 0 Å². The lowest BCUT2D eigenvalue weighted by Crippen LogP contribution is -2.33. The normalized spacial score (nSPS) is 14.4. The quantitative estimate of drug-likeness (QED) is 0.191. The van der Waals surface area contributed by atoms with E-state index in [1.54, 1.807) is 0 Å². The highest BCUT2D eigenvalue weighted by Gasteiger charge is 2.25. The summed E-state index contributed by atoms with van der Waals surface area (Å²) in [5.74, 6) is 1.44. The van der Waals surface area contributed by atoms with E-state index in [1.165, 1.54) is 38.1 Å². The van der Waals surface area contributed by atoms with Crippen molar-refractivity contribution in [2.24, 2.45) is 9.98 Å². The number of fused-ring (bicyclic) bond motifs is 8. The van der Waals surface area contributed by atoms with Gasteiger partial charge in [0.2, 0.25) is 0 Å². The van der Waals surface area contributed by atoms with Crippen molar-refractivity contribution in [3.05, 3.63) is 211 Å². The van der Waals surface area contributed by atoms with Crippen molar-refractivity contribution in [2.75, 3.05) is 0 Å². The fourth-order valence-corrected chi connectivity index (χ4v) is 8.80. The van der Waals surface area contributed by atoms with Gasteiger partial charge in [-0.3, -0.25) is 0 Å². The molecule has 0 saturated heterocycles. The molecule has 58 heavy (non-hydrogen) atoms. The number of amidine groups is 2. The molecule has 1 atom stereocenters. The number of nitrogens with zero attached hydrogens (tertiary/aromatic N) is 3. The number of para-hydroxylation sites is 1. The Morgan fingerprint density at radius 3 is 2.03 bits per heavy atom. The zero-order valence-corrected chi connectivity index (χ0v) is 31.3. The highest BCUT2D eigenvalue weighted by Crippen LogP contribution is 2.38. The largest absolute Gasteiger partial charge is 0.456 e. The zero-order chi connectivity index (χ0) is 38.2. The summed E-state index contributed by atoms with van der Waals surface area (Å²) < 4.78 is 9.09. The lowest BCUT2D eigenvalue weighted by atomic mass is 10.0. The Hall–Kier alpha value is -7.76. The fourth-order valence-electron chi connectivity index (χ4n) is 8.80. The first-order valence-electron chi connectivity index (χ1n) is 19.7. The number of hydrogen-bond donors (Lipinski definition) is 1. The molecule has 0 aliphatic carbocycles. The Bertz CT molecular complexity index is 3500. The fraction of sp³-hybridized carbons (Fsp3) is 0.0189. The summed E-state index contributed by atoms with van der Waals surface area (Å²) >= 11 is 0. The molecule has 1 aliphatic rings. The number of benzene rings is 9. The summed E-state index contributed by atoms with van der Waals surface area (Å²) in [7, 11) is 0. The first-order valence-corrected chi connectivity index (χ1v) is 19.7. The van der Waals surface area contributed by atoms with Crippen LogP contribution >= 0.6 is 0 Å². The minimum absolute atomic E-state index is 0.352. The summed E-state index contributed by atoms with van der Waals surface area (Å²) in [6.45, 7) is 0. The molecule has 0 fully saturated rings. The standard InChI is InChI=1S/C53H34N4O/c1-2-11-33(12-3-1)38-25-27-43-42-17-8-9-19-46(42)57(47(43)31-38)41-26-28-44-49(32-41)58-48-20-10-18-45(50(44)48)53-55-51(39-23-21-34-13-4-6-15-36(34)29-39)54-52(56-53)40-24-22-35-14-5-7-16-37(35)30-40/h1-32,51H,(H,54,55,56). The topological polar surface area (TPSA) is 54.8 Å². The molecule has 0 saturated carbocycles. The summed E-state index contributed by atoms with van der Waals surface area (Å²) in [6, 6.07) is 68.7. The Morgan fingerprint density at radius 2 is 1.17 bits per heavy atom. The van der Waals surface area contributed by atoms with Gasteiger partial charge in [-0.2, -0.15) is 0 Å². The molecule has 12 rings (SSSR count). The smallest absolute Gasteiger partial charge is 0.159 e. The lowest BCUT2D eigenvalue weighted by Gasteiger charge is -2.24. The Balaban J connectivity index is 1.01. The van der Waals surface area contributed by atoms with E-state index in [1.807, 2.05) is 6.07 Å². The van der Waals surface area contributed by atoms with Gasteiger partial charge < -0.3 is 14.3 Å². The molecular formula is C53H34N4O. The van der Waals surface area contributed by atoms with Crippen LogP contribution in [0.25, 0.3) is 82.1 Å². The molecule has 2 aromatic heterocycles. The molecular weight excluding hydrogens is 709 g/mol. The SMILES string of the molecule is c1ccc(-c2ccc3c4ccccc4n(-c4ccc5c(c4)oc4cccc(C6=NC(c7ccc8ccccc8c7)=NC(c7ccc8ccccc8c7)N6)c45)c3c2)cc1. The van der Waals surface area contributed by atoms with Crippen LogP contribution in [0, 0.1) is 0 Å². The molecule has 11 aromatic rings. The zero-order valence-electron chi connectivity index (χ0n) is 31.3. The molecule has 1 N–H and O–H groups in total. The van der Waals surface area contributed by atoms with Crippen molar-refractivity contribution in [3.8, 4) is 16.8 Å². The second-order valence-electron chi connectivity index (χ2n) is 15.0. The maximum Gasteiger partial charge on any atom is 0.159 e. The van der Waals surface area contributed by atoms with E-state index in [0.29, 0.717) is 5.84 Å². The highest BCUT2D eigenvalue weighted by molar-refractivity contribution is 6.22. The molecule has 0 spiro atoms. The van der Waals surface area contributed by atoms with E-state index in [2.05, 4.69) is 198 Å². The van der Waals surface area contributed by atoms with E-state index in [-0.39, 0.29) is 6.17 Å². The predicted molar refractivity (Wildman–Crippen MR) is 240 cm³/mol. The van der Waals surface area contributed by atoms with E-state index in [4.69, 9.17) is 14.4 Å². The summed E-state index contributed by atoms with van der Waals surface area (Å²) in [5.41, 5.74) is 10.3. The van der Waals surface area contributed by atoms with Crippen molar-refractivity contribution in [1.29, 1.82) is 0 Å². The summed E-state index contributed by atoms with van der Waals surface area (Å²) in [5, 5.41) is 12.9. The van der Waals surface area contributed by atoms with Crippen molar-refractivity contribution >= 4 is 77.0 Å². The number of aliphatic imine (C=N–C) groups is 2. The average Bonchev–Trinajstić information content (AvgIpc) is 3.84.